The summed E-state index contributed by atoms with van der Waals surface area (Å²) < 4.78 is 1.54. The van der Waals surface area contributed by atoms with Crippen molar-refractivity contribution in [3.05, 3.63) is 47.5 Å². The van der Waals surface area contributed by atoms with Crippen molar-refractivity contribution in [3.8, 4) is 0 Å². The van der Waals surface area contributed by atoms with Gasteiger partial charge in [-0.15, -0.1) is 0 Å². The predicted octanol–water partition coefficient (Wildman–Crippen LogP) is 2.76. The molecule has 2 rings (SSSR count). The molecule has 0 radical (unpaired) electrons. The quantitative estimate of drug-likeness (QED) is 0.822. The number of hydrogen-bond acceptors (Lipinski definition) is 4. The van der Waals surface area contributed by atoms with Crippen LogP contribution in [-0.4, -0.2) is 30.6 Å². The lowest BCUT2D eigenvalue weighted by molar-refractivity contribution is -0.162. The summed E-state index contributed by atoms with van der Waals surface area (Å²) in [6.45, 7) is 3.85. The van der Waals surface area contributed by atoms with Crippen LogP contribution in [0.3, 0.4) is 0 Å². The van der Waals surface area contributed by atoms with Crippen LogP contribution in [0.1, 0.15) is 38.7 Å². The van der Waals surface area contributed by atoms with Gasteiger partial charge in [0.05, 0.1) is 6.54 Å². The second kappa shape index (κ2) is 6.77. The van der Waals surface area contributed by atoms with Gasteiger partial charge >= 0.3 is 0 Å². The van der Waals surface area contributed by atoms with E-state index in [1.165, 1.54) is 12.7 Å². The molecule has 22 heavy (non-hydrogen) atoms. The predicted molar refractivity (Wildman–Crippen MR) is 85.5 cm³/mol. The van der Waals surface area contributed by atoms with Crippen molar-refractivity contribution >= 4 is 11.6 Å². The fraction of sp³-hybridized carbons (Fsp3) is 0.500. The maximum Gasteiger partial charge on any atom is 0.137 e. The monoisotopic (exact) mass is 323 g/mol. The van der Waals surface area contributed by atoms with Crippen molar-refractivity contribution in [1.29, 1.82) is 0 Å². The highest BCUT2D eigenvalue weighted by Gasteiger charge is 2.46. The molecule has 2 atom stereocenters. The summed E-state index contributed by atoms with van der Waals surface area (Å²) in [6, 6.07) is 6.89. The first kappa shape index (κ1) is 16.9. The van der Waals surface area contributed by atoms with E-state index in [-0.39, 0.29) is 6.54 Å². The molecule has 1 aromatic heterocycles. The zero-order valence-electron chi connectivity index (χ0n) is 12.9. The number of aliphatic hydroxyl groups is 2. The summed E-state index contributed by atoms with van der Waals surface area (Å²) in [5, 5.41) is 26.9. The standard InChI is InChI=1S/C16H22ClN3O2/c1-3-4-9-16(22,10-20-12-18-11-19-20)15(2,21)13-5-7-14(17)8-6-13/h5-8,11-12,21-22H,3-4,9-10H2,1-2H3/t15-,16+/m0/s1. The number of hydrogen-bond donors (Lipinski definition) is 2. The summed E-state index contributed by atoms with van der Waals surface area (Å²) >= 11 is 5.91. The van der Waals surface area contributed by atoms with E-state index in [1.54, 1.807) is 35.9 Å². The van der Waals surface area contributed by atoms with E-state index in [0.29, 0.717) is 17.0 Å². The molecule has 0 aliphatic heterocycles. The van der Waals surface area contributed by atoms with E-state index >= 15 is 0 Å². The molecule has 0 saturated heterocycles. The van der Waals surface area contributed by atoms with E-state index in [0.717, 1.165) is 12.8 Å². The van der Waals surface area contributed by atoms with Gasteiger partial charge in [0.15, 0.2) is 0 Å². The maximum absolute atomic E-state index is 11.2. The molecule has 2 aromatic rings. The van der Waals surface area contributed by atoms with Crippen LogP contribution in [0.4, 0.5) is 0 Å². The first-order valence-electron chi connectivity index (χ1n) is 7.42. The average Bonchev–Trinajstić information content (AvgIpc) is 2.98. The molecule has 1 aromatic carbocycles. The molecule has 120 valence electrons. The van der Waals surface area contributed by atoms with Crippen LogP contribution >= 0.6 is 11.6 Å². The zero-order valence-corrected chi connectivity index (χ0v) is 13.7. The Labute approximate surface area is 135 Å². The lowest BCUT2D eigenvalue weighted by Gasteiger charge is -2.41. The Hall–Kier alpha value is -1.43. The molecular formula is C16H22ClN3O2. The number of aromatic nitrogens is 3. The molecule has 0 amide bonds. The number of benzene rings is 1. The molecule has 1 heterocycles. The molecule has 6 heteroatoms. The van der Waals surface area contributed by atoms with E-state index in [9.17, 15) is 10.2 Å². The van der Waals surface area contributed by atoms with Crippen LogP contribution in [0.15, 0.2) is 36.9 Å². The highest BCUT2D eigenvalue weighted by atomic mass is 35.5. The molecule has 0 unspecified atom stereocenters. The van der Waals surface area contributed by atoms with Crippen LogP contribution in [0, 0.1) is 0 Å². The first-order chi connectivity index (χ1) is 10.4. The third-order valence-corrected chi connectivity index (χ3v) is 4.40. The minimum absolute atomic E-state index is 0.169. The Kier molecular flexibility index (Phi) is 5.21. The number of rotatable bonds is 7. The Morgan fingerprint density at radius 3 is 2.45 bits per heavy atom. The van der Waals surface area contributed by atoms with Gasteiger partial charge in [-0.3, -0.25) is 0 Å². The minimum atomic E-state index is -1.43. The Morgan fingerprint density at radius 1 is 1.23 bits per heavy atom. The molecule has 0 aliphatic rings. The third kappa shape index (κ3) is 3.48. The van der Waals surface area contributed by atoms with Gasteiger partial charge in [-0.25, -0.2) is 9.67 Å². The van der Waals surface area contributed by atoms with Gasteiger partial charge in [0.1, 0.15) is 23.9 Å². The average molecular weight is 324 g/mol. The van der Waals surface area contributed by atoms with Gasteiger partial charge in [0.25, 0.3) is 0 Å². The summed E-state index contributed by atoms with van der Waals surface area (Å²) in [5.74, 6) is 0. The van der Waals surface area contributed by atoms with Crippen LogP contribution in [0.5, 0.6) is 0 Å². The Balaban J connectivity index is 2.35. The van der Waals surface area contributed by atoms with E-state index in [1.807, 2.05) is 6.92 Å². The number of halogens is 1. The summed E-state index contributed by atoms with van der Waals surface area (Å²) in [4.78, 5) is 3.89. The molecule has 0 bridgehead atoms. The van der Waals surface area contributed by atoms with E-state index < -0.39 is 11.2 Å². The van der Waals surface area contributed by atoms with Crippen molar-refractivity contribution in [2.75, 3.05) is 0 Å². The van der Waals surface area contributed by atoms with Gasteiger partial charge in [-0.1, -0.05) is 43.5 Å². The van der Waals surface area contributed by atoms with Crippen LogP contribution in [-0.2, 0) is 12.1 Å². The Morgan fingerprint density at radius 2 is 1.91 bits per heavy atom. The fourth-order valence-corrected chi connectivity index (χ4v) is 2.70. The van der Waals surface area contributed by atoms with E-state index in [2.05, 4.69) is 10.1 Å². The summed E-state index contributed by atoms with van der Waals surface area (Å²) in [5.41, 5.74) is -2.17. The largest absolute Gasteiger partial charge is 0.385 e. The van der Waals surface area contributed by atoms with Gasteiger partial charge in [0.2, 0.25) is 0 Å². The maximum atomic E-state index is 11.2. The molecule has 0 spiro atoms. The van der Waals surface area contributed by atoms with Crippen LogP contribution in [0.2, 0.25) is 5.02 Å². The first-order valence-corrected chi connectivity index (χ1v) is 7.80. The molecule has 0 aliphatic carbocycles. The Bertz CT molecular complexity index is 584. The third-order valence-electron chi connectivity index (χ3n) is 4.15. The normalized spacial score (nSPS) is 17.0. The van der Waals surface area contributed by atoms with Gasteiger partial charge in [0, 0.05) is 5.02 Å². The smallest absolute Gasteiger partial charge is 0.137 e. The molecule has 0 fully saturated rings. The number of unbranched alkanes of at least 4 members (excludes halogenated alkanes) is 1. The van der Waals surface area contributed by atoms with E-state index in [4.69, 9.17) is 11.6 Å². The molecule has 5 nitrogen and oxygen atoms in total. The fourth-order valence-electron chi connectivity index (χ4n) is 2.57. The second-order valence-electron chi connectivity index (χ2n) is 5.81. The number of nitrogens with zero attached hydrogens (tertiary/aromatic N) is 3. The van der Waals surface area contributed by atoms with Crippen molar-refractivity contribution < 1.29 is 10.2 Å². The zero-order chi connectivity index (χ0) is 16.2. The lowest BCUT2D eigenvalue weighted by Crippen LogP contribution is -2.52. The van der Waals surface area contributed by atoms with Crippen molar-refractivity contribution in [1.82, 2.24) is 14.8 Å². The van der Waals surface area contributed by atoms with Crippen LogP contribution in [0.25, 0.3) is 0 Å². The highest BCUT2D eigenvalue weighted by Crippen LogP contribution is 2.38. The lowest BCUT2D eigenvalue weighted by atomic mass is 9.76. The summed E-state index contributed by atoms with van der Waals surface area (Å²) in [6.07, 6.45) is 5.14. The molecule has 2 N–H and O–H groups in total. The van der Waals surface area contributed by atoms with Gasteiger partial charge in [-0.2, -0.15) is 5.10 Å². The summed E-state index contributed by atoms with van der Waals surface area (Å²) in [7, 11) is 0. The van der Waals surface area contributed by atoms with Crippen molar-refractivity contribution in [2.24, 2.45) is 0 Å². The molecular weight excluding hydrogens is 302 g/mol. The topological polar surface area (TPSA) is 71.2 Å². The molecule has 0 saturated carbocycles. The van der Waals surface area contributed by atoms with Gasteiger partial charge < -0.3 is 10.2 Å². The minimum Gasteiger partial charge on any atom is -0.385 e. The van der Waals surface area contributed by atoms with Crippen molar-refractivity contribution in [2.45, 2.75) is 50.9 Å². The SMILES string of the molecule is CCCC[C@@](O)(Cn1cncn1)[C@@](C)(O)c1ccc(Cl)cc1. The van der Waals surface area contributed by atoms with Gasteiger partial charge in [-0.05, 0) is 31.0 Å². The van der Waals surface area contributed by atoms with Crippen molar-refractivity contribution in [3.63, 3.8) is 0 Å². The van der Waals surface area contributed by atoms with Crippen LogP contribution < -0.4 is 0 Å². The highest BCUT2D eigenvalue weighted by molar-refractivity contribution is 6.30. The second-order valence-corrected chi connectivity index (χ2v) is 6.24.